The summed E-state index contributed by atoms with van der Waals surface area (Å²) in [5.41, 5.74) is 0. The standard InChI is InChI=1S/C8H16NO4/c1-4-9(12,5-2)7(10)6-8(11)13-3/h12H,4-6H2,1-3H3/q+1. The predicted octanol–water partition coefficient (Wildman–Crippen LogP) is 0.322. The van der Waals surface area contributed by atoms with E-state index in [9.17, 15) is 14.8 Å². The number of quaternary nitrogens is 1. The fourth-order valence-electron chi connectivity index (χ4n) is 0.919. The van der Waals surface area contributed by atoms with Crippen molar-refractivity contribution in [1.29, 1.82) is 0 Å². The third-order valence-corrected chi connectivity index (χ3v) is 2.03. The molecule has 1 N–H and O–H groups in total. The van der Waals surface area contributed by atoms with E-state index < -0.39 is 16.5 Å². The second kappa shape index (κ2) is 4.94. The molecule has 0 saturated heterocycles. The number of hydrogen-bond acceptors (Lipinski definition) is 4. The van der Waals surface area contributed by atoms with Crippen molar-refractivity contribution < 1.29 is 24.2 Å². The number of carbonyl (C=O) groups is 2. The van der Waals surface area contributed by atoms with Crippen LogP contribution in [0.5, 0.6) is 0 Å². The van der Waals surface area contributed by atoms with Gasteiger partial charge in [-0.25, -0.2) is 10.0 Å². The van der Waals surface area contributed by atoms with Crippen molar-refractivity contribution in [2.45, 2.75) is 20.3 Å². The van der Waals surface area contributed by atoms with Gasteiger partial charge in [0.1, 0.15) is 13.1 Å². The molecule has 0 aromatic rings. The van der Waals surface area contributed by atoms with E-state index in [1.165, 1.54) is 7.11 Å². The average molecular weight is 190 g/mol. The summed E-state index contributed by atoms with van der Waals surface area (Å²) in [5, 5.41) is 9.62. The molecule has 0 radical (unpaired) electrons. The highest BCUT2D eigenvalue weighted by atomic mass is 16.6. The Labute approximate surface area is 77.4 Å². The molecule has 0 aliphatic rings. The Morgan fingerprint density at radius 3 is 2.08 bits per heavy atom. The first-order chi connectivity index (χ1) is 6.00. The van der Waals surface area contributed by atoms with Crippen molar-refractivity contribution in [3.05, 3.63) is 0 Å². The lowest BCUT2D eigenvalue weighted by molar-refractivity contribution is -1.04. The summed E-state index contributed by atoms with van der Waals surface area (Å²) in [6.45, 7) is 3.87. The molecule has 0 atom stereocenters. The monoisotopic (exact) mass is 190 g/mol. The first-order valence-corrected chi connectivity index (χ1v) is 4.20. The lowest BCUT2D eigenvalue weighted by atomic mass is 10.3. The predicted molar refractivity (Wildman–Crippen MR) is 44.8 cm³/mol. The molecule has 1 amide bonds. The van der Waals surface area contributed by atoms with Gasteiger partial charge in [-0.05, 0) is 13.8 Å². The van der Waals surface area contributed by atoms with Crippen LogP contribution in [0.1, 0.15) is 20.3 Å². The molecule has 0 aromatic heterocycles. The fraction of sp³-hybridized carbons (Fsp3) is 0.750. The number of nitrogens with zero attached hydrogens (tertiary/aromatic N) is 1. The fourth-order valence-corrected chi connectivity index (χ4v) is 0.919. The van der Waals surface area contributed by atoms with Gasteiger partial charge in [-0.2, -0.15) is 0 Å². The third-order valence-electron chi connectivity index (χ3n) is 2.03. The molecular weight excluding hydrogens is 174 g/mol. The molecule has 5 heteroatoms. The Balaban J connectivity index is 4.31. The molecule has 0 heterocycles. The number of amides is 1. The normalized spacial score (nSPS) is 11.1. The minimum absolute atomic E-state index is 0.256. The van der Waals surface area contributed by atoms with Gasteiger partial charge in [0, 0.05) is 0 Å². The number of carbonyl (C=O) groups excluding carboxylic acids is 2. The van der Waals surface area contributed by atoms with Crippen molar-refractivity contribution >= 4 is 11.9 Å². The minimum Gasteiger partial charge on any atom is -0.468 e. The average Bonchev–Trinajstić information content (AvgIpc) is 2.16. The van der Waals surface area contributed by atoms with Crippen molar-refractivity contribution in [1.82, 2.24) is 0 Å². The van der Waals surface area contributed by atoms with Gasteiger partial charge in [0.05, 0.1) is 7.11 Å². The van der Waals surface area contributed by atoms with Crippen LogP contribution >= 0.6 is 0 Å². The molecule has 0 bridgehead atoms. The maximum atomic E-state index is 11.3. The lowest BCUT2D eigenvalue weighted by Crippen LogP contribution is -2.50. The molecule has 13 heavy (non-hydrogen) atoms. The molecule has 0 spiro atoms. The molecule has 0 aliphatic carbocycles. The second-order valence-corrected chi connectivity index (χ2v) is 2.70. The van der Waals surface area contributed by atoms with Crippen LogP contribution in [0.2, 0.25) is 0 Å². The van der Waals surface area contributed by atoms with Crippen LogP contribution in [-0.2, 0) is 14.3 Å². The maximum Gasteiger partial charge on any atom is 0.356 e. The van der Waals surface area contributed by atoms with Gasteiger partial charge in [0.25, 0.3) is 0 Å². The quantitative estimate of drug-likeness (QED) is 0.228. The van der Waals surface area contributed by atoms with Gasteiger partial charge in [-0.3, -0.25) is 4.79 Å². The Bertz CT molecular complexity index is 198. The molecule has 76 valence electrons. The van der Waals surface area contributed by atoms with E-state index in [4.69, 9.17) is 0 Å². The zero-order valence-electron chi connectivity index (χ0n) is 8.24. The SMILES string of the molecule is CC[N+](O)(CC)C(=O)CC(=O)OC. The molecule has 0 fully saturated rings. The largest absolute Gasteiger partial charge is 0.468 e. The van der Waals surface area contributed by atoms with Crippen molar-refractivity contribution in [2.75, 3.05) is 20.2 Å². The van der Waals surface area contributed by atoms with Gasteiger partial charge in [-0.15, -0.1) is 4.65 Å². The minimum atomic E-state index is -0.713. The summed E-state index contributed by atoms with van der Waals surface area (Å²) >= 11 is 0. The number of esters is 1. The van der Waals surface area contributed by atoms with Crippen molar-refractivity contribution in [3.8, 4) is 0 Å². The van der Waals surface area contributed by atoms with Gasteiger partial charge in [0.15, 0.2) is 6.42 Å². The van der Waals surface area contributed by atoms with E-state index in [1.54, 1.807) is 13.8 Å². The van der Waals surface area contributed by atoms with Crippen LogP contribution in [0.3, 0.4) is 0 Å². The highest BCUT2D eigenvalue weighted by Crippen LogP contribution is 2.05. The van der Waals surface area contributed by atoms with Crippen LogP contribution in [0, 0.1) is 0 Å². The van der Waals surface area contributed by atoms with E-state index >= 15 is 0 Å². The maximum absolute atomic E-state index is 11.3. The number of methoxy groups -OCH3 is 1. The van der Waals surface area contributed by atoms with Crippen molar-refractivity contribution in [3.63, 3.8) is 0 Å². The first kappa shape index (κ1) is 12.1. The summed E-state index contributed by atoms with van der Waals surface area (Å²) in [6.07, 6.45) is -0.380. The second-order valence-electron chi connectivity index (χ2n) is 2.70. The first-order valence-electron chi connectivity index (χ1n) is 4.20. The zero-order chi connectivity index (χ0) is 10.5. The van der Waals surface area contributed by atoms with Gasteiger partial charge in [0.2, 0.25) is 0 Å². The Hall–Kier alpha value is -0.940. The van der Waals surface area contributed by atoms with E-state index in [0.717, 1.165) is 0 Å². The van der Waals surface area contributed by atoms with Crippen LogP contribution < -0.4 is 0 Å². The summed E-state index contributed by atoms with van der Waals surface area (Å²) in [5.74, 6) is -1.15. The summed E-state index contributed by atoms with van der Waals surface area (Å²) in [7, 11) is 1.21. The molecular formula is C8H16NO4+. The van der Waals surface area contributed by atoms with E-state index in [2.05, 4.69) is 4.74 Å². The number of hydroxylamine groups is 3. The lowest BCUT2D eigenvalue weighted by Gasteiger charge is -2.23. The third kappa shape index (κ3) is 3.12. The van der Waals surface area contributed by atoms with Gasteiger partial charge < -0.3 is 4.74 Å². The summed E-state index contributed by atoms with van der Waals surface area (Å²) in [4.78, 5) is 22.1. The molecule has 0 unspecified atom stereocenters. The smallest absolute Gasteiger partial charge is 0.356 e. The number of rotatable bonds is 4. The number of ether oxygens (including phenoxy) is 1. The van der Waals surface area contributed by atoms with Gasteiger partial charge in [-0.1, -0.05) is 0 Å². The number of hydrogen-bond donors (Lipinski definition) is 1. The summed E-state index contributed by atoms with van der Waals surface area (Å²) in [6, 6.07) is 0. The van der Waals surface area contributed by atoms with Crippen LogP contribution in [-0.4, -0.2) is 41.9 Å². The van der Waals surface area contributed by atoms with Crippen LogP contribution in [0.4, 0.5) is 0 Å². The molecule has 0 saturated carbocycles. The molecule has 0 aromatic carbocycles. The highest BCUT2D eigenvalue weighted by molar-refractivity contribution is 5.90. The van der Waals surface area contributed by atoms with Crippen LogP contribution in [0.15, 0.2) is 0 Å². The van der Waals surface area contributed by atoms with Crippen molar-refractivity contribution in [2.24, 2.45) is 0 Å². The van der Waals surface area contributed by atoms with Gasteiger partial charge >= 0.3 is 11.9 Å². The van der Waals surface area contributed by atoms with E-state index in [0.29, 0.717) is 0 Å². The molecule has 5 nitrogen and oxygen atoms in total. The summed E-state index contributed by atoms with van der Waals surface area (Å²) < 4.78 is 3.61. The Morgan fingerprint density at radius 1 is 1.31 bits per heavy atom. The topological polar surface area (TPSA) is 63.6 Å². The highest BCUT2D eigenvalue weighted by Gasteiger charge is 2.33. The molecule has 0 rings (SSSR count). The van der Waals surface area contributed by atoms with Crippen LogP contribution in [0.25, 0.3) is 0 Å². The Morgan fingerprint density at radius 2 is 1.77 bits per heavy atom. The zero-order valence-corrected chi connectivity index (χ0v) is 8.24. The Kier molecular flexibility index (Phi) is 4.58. The molecule has 0 aliphatic heterocycles. The van der Waals surface area contributed by atoms with E-state index in [-0.39, 0.29) is 19.5 Å². The van der Waals surface area contributed by atoms with E-state index in [1.807, 2.05) is 0 Å².